The highest BCUT2D eigenvalue weighted by molar-refractivity contribution is 7.89. The Balaban J connectivity index is 1.90. The predicted octanol–water partition coefficient (Wildman–Crippen LogP) is 3.49. The van der Waals surface area contributed by atoms with Crippen LogP contribution in [0.1, 0.15) is 29.8 Å². The Morgan fingerprint density at radius 1 is 1.03 bits per heavy atom. The van der Waals surface area contributed by atoms with Gasteiger partial charge in [-0.15, -0.1) is 0 Å². The van der Waals surface area contributed by atoms with Crippen LogP contribution in [0.15, 0.2) is 70.9 Å². The minimum atomic E-state index is -3.69. The van der Waals surface area contributed by atoms with Crippen LogP contribution in [-0.2, 0) is 10.0 Å². The lowest BCUT2D eigenvalue weighted by molar-refractivity contribution is 0.102. The summed E-state index contributed by atoms with van der Waals surface area (Å²) in [6.07, 6.45) is 4.97. The molecule has 0 spiro atoms. The first-order valence-corrected chi connectivity index (χ1v) is 12.3. The number of benzene rings is 2. The molecule has 0 bridgehead atoms. The van der Waals surface area contributed by atoms with Crippen LogP contribution in [-0.4, -0.2) is 45.8 Å². The first kappa shape index (κ1) is 25.7. The molecule has 1 amide bonds. The number of carbonyl (C=O) groups is 1. The number of pyridine rings is 1. The van der Waals surface area contributed by atoms with Crippen molar-refractivity contribution in [2.45, 2.75) is 18.7 Å². The maximum atomic E-state index is 13.0. The van der Waals surface area contributed by atoms with Gasteiger partial charge in [-0.2, -0.15) is 5.10 Å². The summed E-state index contributed by atoms with van der Waals surface area (Å²) < 4.78 is 37.9. The van der Waals surface area contributed by atoms with E-state index in [0.717, 1.165) is 5.56 Å². The number of nitrogens with one attached hydrogen (secondary N) is 3. The number of aromatic nitrogens is 1. The molecule has 1 heterocycles. The molecular formula is C24H27N5O5S. The van der Waals surface area contributed by atoms with Gasteiger partial charge in [0.05, 0.1) is 30.0 Å². The van der Waals surface area contributed by atoms with Crippen molar-refractivity contribution in [2.24, 2.45) is 5.10 Å². The van der Waals surface area contributed by atoms with E-state index in [9.17, 15) is 13.2 Å². The SMILES string of the molecule is CCOc1cc(NC(=O)c2cccc(S(=O)(=O)NC)c2)c(OCC)cc1NN=Cc1cccnc1. The lowest BCUT2D eigenvalue weighted by atomic mass is 10.2. The van der Waals surface area contributed by atoms with E-state index in [0.29, 0.717) is 36.1 Å². The maximum absolute atomic E-state index is 13.0. The van der Waals surface area contributed by atoms with Gasteiger partial charge in [-0.1, -0.05) is 12.1 Å². The third-order valence-electron chi connectivity index (χ3n) is 4.69. The van der Waals surface area contributed by atoms with Crippen LogP contribution in [0.2, 0.25) is 0 Å². The van der Waals surface area contributed by atoms with Crippen LogP contribution >= 0.6 is 0 Å². The number of nitrogens with zero attached hydrogens (tertiary/aromatic N) is 2. The summed E-state index contributed by atoms with van der Waals surface area (Å²) in [6, 6.07) is 12.7. The topological polar surface area (TPSA) is 131 Å². The lowest BCUT2D eigenvalue weighted by Gasteiger charge is -2.17. The number of anilines is 2. The summed E-state index contributed by atoms with van der Waals surface area (Å²) in [5.41, 5.74) is 4.83. The quantitative estimate of drug-likeness (QED) is 0.273. The summed E-state index contributed by atoms with van der Waals surface area (Å²) in [5.74, 6) is 0.334. The van der Waals surface area contributed by atoms with Crippen molar-refractivity contribution in [3.63, 3.8) is 0 Å². The van der Waals surface area contributed by atoms with E-state index in [1.807, 2.05) is 26.0 Å². The molecule has 0 saturated heterocycles. The van der Waals surface area contributed by atoms with E-state index in [1.165, 1.54) is 31.3 Å². The van der Waals surface area contributed by atoms with Crippen LogP contribution in [0.25, 0.3) is 0 Å². The van der Waals surface area contributed by atoms with Gasteiger partial charge >= 0.3 is 0 Å². The highest BCUT2D eigenvalue weighted by Crippen LogP contribution is 2.37. The van der Waals surface area contributed by atoms with E-state index in [4.69, 9.17) is 9.47 Å². The van der Waals surface area contributed by atoms with Gasteiger partial charge in [0.2, 0.25) is 10.0 Å². The average Bonchev–Trinajstić information content (AvgIpc) is 2.87. The van der Waals surface area contributed by atoms with Crippen molar-refractivity contribution in [3.05, 3.63) is 72.1 Å². The summed E-state index contributed by atoms with van der Waals surface area (Å²) >= 11 is 0. The van der Waals surface area contributed by atoms with Gasteiger partial charge in [0.15, 0.2) is 0 Å². The molecule has 0 aliphatic rings. The molecule has 0 saturated carbocycles. The molecule has 0 aliphatic carbocycles. The largest absolute Gasteiger partial charge is 0.492 e. The van der Waals surface area contributed by atoms with Crippen LogP contribution < -0.4 is 24.9 Å². The zero-order chi connectivity index (χ0) is 25.3. The van der Waals surface area contributed by atoms with E-state index in [2.05, 4.69) is 25.6 Å². The van der Waals surface area contributed by atoms with Gasteiger partial charge in [-0.25, -0.2) is 13.1 Å². The van der Waals surface area contributed by atoms with Crippen molar-refractivity contribution in [3.8, 4) is 11.5 Å². The molecule has 1 aromatic heterocycles. The van der Waals surface area contributed by atoms with E-state index >= 15 is 0 Å². The number of hydrogen-bond donors (Lipinski definition) is 3. The second-order valence-electron chi connectivity index (χ2n) is 7.06. The minimum Gasteiger partial charge on any atom is -0.492 e. The summed E-state index contributed by atoms with van der Waals surface area (Å²) in [6.45, 7) is 4.39. The van der Waals surface area contributed by atoms with Gasteiger partial charge in [0, 0.05) is 35.7 Å². The Bertz CT molecular complexity index is 1300. The summed E-state index contributed by atoms with van der Waals surface area (Å²) in [5, 5.41) is 7.02. The van der Waals surface area contributed by atoms with E-state index in [-0.39, 0.29) is 10.5 Å². The van der Waals surface area contributed by atoms with Crippen molar-refractivity contribution in [1.82, 2.24) is 9.71 Å². The number of hydrogen-bond acceptors (Lipinski definition) is 8. The fourth-order valence-electron chi connectivity index (χ4n) is 3.04. The van der Waals surface area contributed by atoms with Crippen molar-refractivity contribution in [1.29, 1.82) is 0 Å². The lowest BCUT2D eigenvalue weighted by Crippen LogP contribution is -2.20. The first-order chi connectivity index (χ1) is 16.9. The molecule has 11 heteroatoms. The number of rotatable bonds is 11. The highest BCUT2D eigenvalue weighted by atomic mass is 32.2. The van der Waals surface area contributed by atoms with Crippen molar-refractivity contribution in [2.75, 3.05) is 31.0 Å². The maximum Gasteiger partial charge on any atom is 0.255 e. The van der Waals surface area contributed by atoms with Crippen molar-refractivity contribution < 1.29 is 22.7 Å². The molecule has 3 N–H and O–H groups in total. The number of ether oxygens (including phenoxy) is 2. The fourth-order valence-corrected chi connectivity index (χ4v) is 3.82. The van der Waals surface area contributed by atoms with Crippen LogP contribution in [0.3, 0.4) is 0 Å². The second kappa shape index (κ2) is 12.0. The number of carbonyl (C=O) groups excluding carboxylic acids is 1. The number of amides is 1. The van der Waals surface area contributed by atoms with Crippen LogP contribution in [0, 0.1) is 0 Å². The molecule has 10 nitrogen and oxygen atoms in total. The molecule has 0 atom stereocenters. The molecule has 184 valence electrons. The molecular weight excluding hydrogens is 470 g/mol. The smallest absolute Gasteiger partial charge is 0.255 e. The Kier molecular flexibility index (Phi) is 8.76. The third kappa shape index (κ3) is 6.78. The first-order valence-electron chi connectivity index (χ1n) is 10.9. The summed E-state index contributed by atoms with van der Waals surface area (Å²) in [4.78, 5) is 17.0. The van der Waals surface area contributed by atoms with Gasteiger partial charge in [0.1, 0.15) is 17.2 Å². The molecule has 2 aromatic carbocycles. The number of sulfonamides is 1. The average molecular weight is 498 g/mol. The van der Waals surface area contributed by atoms with Crippen LogP contribution in [0.4, 0.5) is 11.4 Å². The fraction of sp³-hybridized carbons (Fsp3) is 0.208. The standard InChI is InChI=1S/C24H27N5O5S/c1-4-33-22-14-21(29-27-16-17-8-7-11-26-15-17)23(34-5-2)13-20(22)28-24(30)18-9-6-10-19(12-18)35(31,32)25-3/h6-16,25,29H,4-5H2,1-3H3,(H,28,30). The molecule has 0 fully saturated rings. The Labute approximate surface area is 204 Å². The molecule has 3 rings (SSSR count). The second-order valence-corrected chi connectivity index (χ2v) is 8.94. The molecule has 35 heavy (non-hydrogen) atoms. The third-order valence-corrected chi connectivity index (χ3v) is 6.10. The monoisotopic (exact) mass is 497 g/mol. The van der Waals surface area contributed by atoms with Gasteiger partial charge < -0.3 is 14.8 Å². The Morgan fingerprint density at radius 3 is 2.40 bits per heavy atom. The molecule has 0 unspecified atom stereocenters. The van der Waals surface area contributed by atoms with Gasteiger partial charge in [0.25, 0.3) is 5.91 Å². The Morgan fingerprint density at radius 2 is 1.74 bits per heavy atom. The predicted molar refractivity (Wildman–Crippen MR) is 135 cm³/mol. The minimum absolute atomic E-state index is 0.0151. The molecule has 3 aromatic rings. The normalized spacial score (nSPS) is 11.3. The van der Waals surface area contributed by atoms with Crippen LogP contribution in [0.5, 0.6) is 11.5 Å². The highest BCUT2D eigenvalue weighted by Gasteiger charge is 2.18. The molecule has 0 aliphatic heterocycles. The van der Waals surface area contributed by atoms with Gasteiger partial charge in [-0.05, 0) is 45.2 Å². The Hall–Kier alpha value is -3.96. The zero-order valence-corrected chi connectivity index (χ0v) is 20.4. The number of hydrazone groups is 1. The zero-order valence-electron chi connectivity index (χ0n) is 19.6. The van der Waals surface area contributed by atoms with E-state index in [1.54, 1.807) is 30.7 Å². The summed E-state index contributed by atoms with van der Waals surface area (Å²) in [7, 11) is -2.39. The van der Waals surface area contributed by atoms with Crippen molar-refractivity contribution >= 4 is 33.5 Å². The van der Waals surface area contributed by atoms with E-state index < -0.39 is 15.9 Å². The molecule has 0 radical (unpaired) electrons. The van der Waals surface area contributed by atoms with Gasteiger partial charge in [-0.3, -0.25) is 15.2 Å².